The monoisotopic (exact) mass is 423 g/mol. The maximum Gasteiger partial charge on any atom is 0.243 e. The molecule has 4 aliphatic carbocycles. The molecule has 0 radical (unpaired) electrons. The zero-order valence-electron chi connectivity index (χ0n) is 18.1. The minimum atomic E-state index is -0.400. The van der Waals surface area contributed by atoms with Crippen molar-refractivity contribution in [3.63, 3.8) is 0 Å². The predicted octanol–water partition coefficient (Wildman–Crippen LogP) is 2.83. The van der Waals surface area contributed by atoms with Crippen LogP contribution in [0.1, 0.15) is 56.9 Å². The van der Waals surface area contributed by atoms with Crippen LogP contribution in [0, 0.1) is 29.1 Å². The van der Waals surface area contributed by atoms with E-state index in [0.29, 0.717) is 19.5 Å². The molecule has 4 bridgehead atoms. The molecule has 6 heteroatoms. The Bertz CT molecular complexity index is 818. The fraction of sp³-hybridized carbons (Fsp3) is 0.640. The first-order valence-electron chi connectivity index (χ1n) is 11.9. The van der Waals surface area contributed by atoms with Crippen LogP contribution in [0.25, 0.3) is 0 Å². The predicted molar refractivity (Wildman–Crippen MR) is 116 cm³/mol. The molecular formula is C25H33N3O3. The van der Waals surface area contributed by atoms with Crippen LogP contribution in [-0.4, -0.2) is 35.7 Å². The molecule has 1 aliphatic heterocycles. The van der Waals surface area contributed by atoms with E-state index in [4.69, 9.17) is 0 Å². The van der Waals surface area contributed by atoms with Crippen LogP contribution in [0.2, 0.25) is 0 Å². The Morgan fingerprint density at radius 1 is 0.968 bits per heavy atom. The molecule has 1 atom stereocenters. The SMILES string of the molecule is O=C(CC12CC3CC(CC(C3)C1)C2)NNC(=O)C1CC(=O)N(CCc2ccccc2)C1. The third-order valence-electron chi connectivity index (χ3n) is 8.12. The first kappa shape index (κ1) is 20.5. The standard InChI is InChI=1S/C25H33N3O3/c29-22(15-25-12-18-8-19(13-25)10-20(9-18)14-25)26-27-24(31)21-11-23(30)28(16-21)7-6-17-4-2-1-3-5-17/h1-5,18-21H,6-16H2,(H,26,29)(H,27,31). The maximum atomic E-state index is 12.6. The summed E-state index contributed by atoms with van der Waals surface area (Å²) in [5, 5.41) is 0. The van der Waals surface area contributed by atoms with Gasteiger partial charge in [0.15, 0.2) is 0 Å². The number of benzene rings is 1. The minimum absolute atomic E-state index is 0.0102. The van der Waals surface area contributed by atoms with Crippen LogP contribution < -0.4 is 10.9 Å². The van der Waals surface area contributed by atoms with Crippen molar-refractivity contribution in [1.29, 1.82) is 0 Å². The number of rotatable bonds is 6. The zero-order valence-corrected chi connectivity index (χ0v) is 18.1. The molecular weight excluding hydrogens is 390 g/mol. The van der Waals surface area contributed by atoms with E-state index in [1.54, 1.807) is 4.90 Å². The highest BCUT2D eigenvalue weighted by atomic mass is 16.2. The first-order valence-corrected chi connectivity index (χ1v) is 11.9. The van der Waals surface area contributed by atoms with Crippen LogP contribution >= 0.6 is 0 Å². The Morgan fingerprint density at radius 2 is 1.61 bits per heavy atom. The molecule has 2 N–H and O–H groups in total. The summed E-state index contributed by atoms with van der Waals surface area (Å²) >= 11 is 0. The molecule has 166 valence electrons. The molecule has 0 aromatic heterocycles. The Balaban J connectivity index is 1.08. The number of nitrogens with one attached hydrogen (secondary N) is 2. The van der Waals surface area contributed by atoms with E-state index < -0.39 is 5.92 Å². The second kappa shape index (κ2) is 8.29. The summed E-state index contributed by atoms with van der Waals surface area (Å²) in [6.45, 7) is 1.04. The van der Waals surface area contributed by atoms with E-state index in [-0.39, 0.29) is 29.6 Å². The highest BCUT2D eigenvalue weighted by molar-refractivity contribution is 5.90. The Morgan fingerprint density at radius 3 is 2.26 bits per heavy atom. The third-order valence-corrected chi connectivity index (χ3v) is 8.12. The molecule has 1 aromatic rings. The first-order chi connectivity index (χ1) is 15.0. The number of nitrogens with zero attached hydrogens (tertiary/aromatic N) is 1. The summed E-state index contributed by atoms with van der Waals surface area (Å²) in [7, 11) is 0. The summed E-state index contributed by atoms with van der Waals surface area (Å²) in [5.74, 6) is 1.69. The Labute approximate surface area is 184 Å². The van der Waals surface area contributed by atoms with Crippen molar-refractivity contribution in [2.75, 3.05) is 13.1 Å². The van der Waals surface area contributed by atoms with E-state index in [2.05, 4.69) is 10.9 Å². The Hall–Kier alpha value is -2.37. The van der Waals surface area contributed by atoms with Gasteiger partial charge in [0.05, 0.1) is 5.92 Å². The van der Waals surface area contributed by atoms with Gasteiger partial charge in [0.2, 0.25) is 17.7 Å². The van der Waals surface area contributed by atoms with Crippen molar-refractivity contribution in [2.45, 2.75) is 57.8 Å². The molecule has 3 amide bonds. The molecule has 1 unspecified atom stereocenters. The second-order valence-electron chi connectivity index (χ2n) is 10.6. The van der Waals surface area contributed by atoms with Crippen molar-refractivity contribution in [1.82, 2.24) is 15.8 Å². The molecule has 1 aromatic carbocycles. The fourth-order valence-electron chi connectivity index (χ4n) is 7.20. The second-order valence-corrected chi connectivity index (χ2v) is 10.6. The smallest absolute Gasteiger partial charge is 0.243 e. The molecule has 1 heterocycles. The van der Waals surface area contributed by atoms with Gasteiger partial charge in [-0.3, -0.25) is 25.2 Å². The highest BCUT2D eigenvalue weighted by Crippen LogP contribution is 2.61. The number of likely N-dealkylation sites (tertiary alicyclic amines) is 1. The van der Waals surface area contributed by atoms with E-state index in [9.17, 15) is 14.4 Å². The topological polar surface area (TPSA) is 78.5 Å². The third kappa shape index (κ3) is 4.48. The van der Waals surface area contributed by atoms with Crippen LogP contribution in [-0.2, 0) is 20.8 Å². The summed E-state index contributed by atoms with van der Waals surface area (Å²) in [6, 6.07) is 10.0. The molecule has 4 saturated carbocycles. The van der Waals surface area contributed by atoms with Gasteiger partial charge in [-0.15, -0.1) is 0 Å². The van der Waals surface area contributed by atoms with Gasteiger partial charge in [0, 0.05) is 25.9 Å². The summed E-state index contributed by atoms with van der Waals surface area (Å²) in [5.41, 5.74) is 6.59. The molecule has 5 aliphatic rings. The lowest BCUT2D eigenvalue weighted by molar-refractivity contribution is -0.135. The van der Waals surface area contributed by atoms with Gasteiger partial charge >= 0.3 is 0 Å². The number of hydrogen-bond donors (Lipinski definition) is 2. The highest BCUT2D eigenvalue weighted by Gasteiger charge is 2.51. The lowest BCUT2D eigenvalue weighted by Crippen LogP contribution is -2.50. The van der Waals surface area contributed by atoms with E-state index >= 15 is 0 Å². The number of hydrogen-bond acceptors (Lipinski definition) is 3. The summed E-state index contributed by atoms with van der Waals surface area (Å²) in [6.07, 6.45) is 9.10. The lowest BCUT2D eigenvalue weighted by atomic mass is 9.49. The largest absolute Gasteiger partial charge is 0.342 e. The quantitative estimate of drug-likeness (QED) is 0.691. The van der Waals surface area contributed by atoms with Crippen LogP contribution in [0.5, 0.6) is 0 Å². The van der Waals surface area contributed by atoms with Gasteiger partial charge in [-0.1, -0.05) is 30.3 Å². The average Bonchev–Trinajstić information content (AvgIpc) is 3.10. The van der Waals surface area contributed by atoms with Crippen molar-refractivity contribution >= 4 is 17.7 Å². The molecule has 6 nitrogen and oxygen atoms in total. The molecule has 1 saturated heterocycles. The minimum Gasteiger partial charge on any atom is -0.342 e. The van der Waals surface area contributed by atoms with Crippen molar-refractivity contribution in [3.8, 4) is 0 Å². The van der Waals surface area contributed by atoms with Gasteiger partial charge in [-0.05, 0) is 73.7 Å². The summed E-state index contributed by atoms with van der Waals surface area (Å²) in [4.78, 5) is 39.3. The normalized spacial score (nSPS) is 33.5. The zero-order chi connectivity index (χ0) is 21.4. The maximum absolute atomic E-state index is 12.6. The van der Waals surface area contributed by atoms with Crippen LogP contribution in [0.15, 0.2) is 30.3 Å². The molecule has 6 rings (SSSR count). The molecule has 31 heavy (non-hydrogen) atoms. The van der Waals surface area contributed by atoms with Crippen LogP contribution in [0.3, 0.4) is 0 Å². The van der Waals surface area contributed by atoms with E-state index in [1.807, 2.05) is 30.3 Å². The number of amides is 3. The summed E-state index contributed by atoms with van der Waals surface area (Å²) < 4.78 is 0. The average molecular weight is 424 g/mol. The molecule has 5 fully saturated rings. The van der Waals surface area contributed by atoms with Crippen molar-refractivity contribution in [2.24, 2.45) is 29.1 Å². The van der Waals surface area contributed by atoms with Crippen LogP contribution in [0.4, 0.5) is 0 Å². The number of carbonyl (C=O) groups excluding carboxylic acids is 3. The molecule has 0 spiro atoms. The Kier molecular flexibility index (Phi) is 5.49. The van der Waals surface area contributed by atoms with Crippen molar-refractivity contribution in [3.05, 3.63) is 35.9 Å². The van der Waals surface area contributed by atoms with Gasteiger partial charge in [-0.2, -0.15) is 0 Å². The van der Waals surface area contributed by atoms with Gasteiger partial charge in [0.25, 0.3) is 0 Å². The van der Waals surface area contributed by atoms with Gasteiger partial charge in [-0.25, -0.2) is 0 Å². The van der Waals surface area contributed by atoms with Gasteiger partial charge in [0.1, 0.15) is 0 Å². The lowest BCUT2D eigenvalue weighted by Gasteiger charge is -2.56. The van der Waals surface area contributed by atoms with Gasteiger partial charge < -0.3 is 4.90 Å². The van der Waals surface area contributed by atoms with E-state index in [1.165, 1.54) is 44.1 Å². The fourth-order valence-corrected chi connectivity index (χ4v) is 7.20. The van der Waals surface area contributed by atoms with E-state index in [0.717, 1.165) is 24.2 Å². The van der Waals surface area contributed by atoms with Crippen molar-refractivity contribution < 1.29 is 14.4 Å². The number of carbonyl (C=O) groups is 3. The number of hydrazine groups is 1.